The number of pyridine rings is 1. The first-order valence-electron chi connectivity index (χ1n) is 10.8. The summed E-state index contributed by atoms with van der Waals surface area (Å²) in [7, 11) is 1.57. The van der Waals surface area contributed by atoms with Crippen molar-refractivity contribution in [1.82, 2.24) is 4.98 Å². The minimum absolute atomic E-state index is 0.133. The number of nitrogens with one attached hydrogen (secondary N) is 2. The summed E-state index contributed by atoms with van der Waals surface area (Å²) in [4.78, 5) is 31.4. The third kappa shape index (κ3) is 5.15. The highest BCUT2D eigenvalue weighted by Crippen LogP contribution is 2.39. The molecule has 0 bridgehead atoms. The quantitative estimate of drug-likeness (QED) is 0.491. The summed E-state index contributed by atoms with van der Waals surface area (Å²) in [5.74, 6) is 0.243. The molecule has 166 valence electrons. The number of nitrogens with zero attached hydrogens (tertiary/aromatic N) is 1. The van der Waals surface area contributed by atoms with Crippen molar-refractivity contribution in [2.45, 2.75) is 32.2 Å². The average Bonchev–Trinajstić information content (AvgIpc) is 3.18. The Morgan fingerprint density at radius 3 is 2.72 bits per heavy atom. The van der Waals surface area contributed by atoms with Crippen LogP contribution in [-0.4, -0.2) is 30.5 Å². The minimum atomic E-state index is -0.221. The lowest BCUT2D eigenvalue weighted by Gasteiger charge is -2.14. The molecule has 1 aliphatic carbocycles. The van der Waals surface area contributed by atoms with Gasteiger partial charge >= 0.3 is 0 Å². The van der Waals surface area contributed by atoms with Crippen molar-refractivity contribution >= 4 is 33.8 Å². The van der Waals surface area contributed by atoms with Crippen LogP contribution in [0.5, 0.6) is 5.75 Å². The van der Waals surface area contributed by atoms with E-state index in [0.29, 0.717) is 28.5 Å². The molecule has 4 rings (SSSR count). The number of anilines is 2. The van der Waals surface area contributed by atoms with Crippen LogP contribution in [-0.2, 0) is 24.2 Å². The summed E-state index contributed by atoms with van der Waals surface area (Å²) in [6, 6.07) is 13.0. The largest absolute Gasteiger partial charge is 0.495 e. The first-order valence-corrected chi connectivity index (χ1v) is 11.6. The Hall–Kier alpha value is -3.23. The van der Waals surface area contributed by atoms with Gasteiger partial charge in [-0.2, -0.15) is 0 Å². The number of hydrogen-bond acceptors (Lipinski definition) is 5. The zero-order chi connectivity index (χ0) is 22.3. The molecule has 0 radical (unpaired) electrons. The summed E-state index contributed by atoms with van der Waals surface area (Å²) < 4.78 is 5.36. The Morgan fingerprint density at radius 2 is 1.91 bits per heavy atom. The molecule has 0 saturated carbocycles. The standard InChI is InChI=1S/C24H26N4O3S/c1-31-19-11-4-3-10-18(19)27-23(30)22-17-9-2-5-12-20(17)32-24(22)28-21(29)15-25-14-16-8-6-7-13-26-16/h3-4,6-8,10-11,13,25H,2,5,9,12,14-15H2,1H3,(H,27,30)(H,28,29)/p+1. The molecule has 0 fully saturated rings. The molecule has 7 nitrogen and oxygen atoms in total. The van der Waals surface area contributed by atoms with E-state index in [1.165, 1.54) is 16.2 Å². The van der Waals surface area contributed by atoms with E-state index < -0.39 is 0 Å². The second kappa shape index (κ2) is 10.4. The summed E-state index contributed by atoms with van der Waals surface area (Å²) >= 11 is 1.52. The van der Waals surface area contributed by atoms with Gasteiger partial charge < -0.3 is 20.7 Å². The number of thiophene rings is 1. The number of aromatic nitrogens is 1. The fourth-order valence-corrected chi connectivity index (χ4v) is 5.18. The molecule has 0 saturated heterocycles. The first-order chi connectivity index (χ1) is 15.7. The van der Waals surface area contributed by atoms with E-state index in [-0.39, 0.29) is 18.4 Å². The van der Waals surface area contributed by atoms with E-state index in [4.69, 9.17) is 4.74 Å². The number of benzene rings is 1. The van der Waals surface area contributed by atoms with E-state index in [2.05, 4.69) is 15.6 Å². The molecule has 32 heavy (non-hydrogen) atoms. The fourth-order valence-electron chi connectivity index (χ4n) is 3.87. The van der Waals surface area contributed by atoms with E-state index >= 15 is 0 Å². The topological polar surface area (TPSA) is 96.9 Å². The Kier molecular flexibility index (Phi) is 7.14. The van der Waals surface area contributed by atoms with Gasteiger partial charge in [0.2, 0.25) is 0 Å². The highest BCUT2D eigenvalue weighted by molar-refractivity contribution is 7.17. The van der Waals surface area contributed by atoms with E-state index in [0.717, 1.165) is 36.9 Å². The normalized spacial score (nSPS) is 12.7. The van der Waals surface area contributed by atoms with Crippen LogP contribution in [0, 0.1) is 0 Å². The number of hydrogen-bond donors (Lipinski definition) is 3. The zero-order valence-corrected chi connectivity index (χ0v) is 18.8. The van der Waals surface area contributed by atoms with Crippen LogP contribution in [0.2, 0.25) is 0 Å². The molecule has 0 spiro atoms. The van der Waals surface area contributed by atoms with Gasteiger partial charge in [0.15, 0.2) is 6.54 Å². The van der Waals surface area contributed by atoms with Crippen LogP contribution >= 0.6 is 11.3 Å². The van der Waals surface area contributed by atoms with Crippen molar-refractivity contribution in [3.05, 3.63) is 70.4 Å². The average molecular weight is 452 g/mol. The maximum absolute atomic E-state index is 13.3. The molecule has 0 aliphatic heterocycles. The van der Waals surface area contributed by atoms with E-state index in [9.17, 15) is 9.59 Å². The molecular formula is C24H27N4O3S+. The Morgan fingerprint density at radius 1 is 1.09 bits per heavy atom. The Labute approximate surface area is 191 Å². The first kappa shape index (κ1) is 22.0. The lowest BCUT2D eigenvalue weighted by atomic mass is 9.95. The van der Waals surface area contributed by atoms with Crippen molar-refractivity contribution in [1.29, 1.82) is 0 Å². The SMILES string of the molecule is COc1ccccc1NC(=O)c1c(NC(=O)C[NH2+]Cc2ccccn2)sc2c1CCCC2. The molecule has 4 N–H and O–H groups in total. The van der Waals surface area contributed by atoms with Crippen LogP contribution in [0.15, 0.2) is 48.7 Å². The Bertz CT molecular complexity index is 1100. The van der Waals surface area contributed by atoms with Crippen LogP contribution in [0.3, 0.4) is 0 Å². The van der Waals surface area contributed by atoms with E-state index in [1.54, 1.807) is 25.4 Å². The lowest BCUT2D eigenvalue weighted by Crippen LogP contribution is -2.84. The molecule has 0 atom stereocenters. The number of para-hydroxylation sites is 2. The van der Waals surface area contributed by atoms with Gasteiger partial charge in [-0.3, -0.25) is 14.6 Å². The van der Waals surface area contributed by atoms with Crippen LogP contribution in [0.1, 0.15) is 39.3 Å². The van der Waals surface area contributed by atoms with Gasteiger partial charge in [0.1, 0.15) is 17.3 Å². The predicted molar refractivity (Wildman–Crippen MR) is 125 cm³/mol. The van der Waals surface area contributed by atoms with Gasteiger partial charge in [0.05, 0.1) is 24.1 Å². The maximum Gasteiger partial charge on any atom is 0.280 e. The number of fused-ring (bicyclic) bond motifs is 1. The summed E-state index contributed by atoms with van der Waals surface area (Å²) in [6.07, 6.45) is 5.68. The number of rotatable bonds is 8. The number of amides is 2. The van der Waals surface area contributed by atoms with Gasteiger partial charge in [-0.15, -0.1) is 11.3 Å². The number of aryl methyl sites for hydroxylation is 1. The number of nitrogens with two attached hydrogens (primary N) is 1. The molecular weight excluding hydrogens is 424 g/mol. The number of quaternary nitrogens is 1. The third-order valence-corrected chi connectivity index (χ3v) is 6.62. The lowest BCUT2D eigenvalue weighted by molar-refractivity contribution is -0.660. The van der Waals surface area contributed by atoms with Gasteiger partial charge in [-0.1, -0.05) is 18.2 Å². The van der Waals surface area contributed by atoms with Gasteiger partial charge in [0.25, 0.3) is 11.8 Å². The van der Waals surface area contributed by atoms with Gasteiger partial charge in [-0.25, -0.2) is 0 Å². The van der Waals surface area contributed by atoms with Crippen molar-refractivity contribution in [2.24, 2.45) is 0 Å². The summed E-state index contributed by atoms with van der Waals surface area (Å²) in [5.41, 5.74) is 3.16. The van der Waals surface area contributed by atoms with Gasteiger partial charge in [0, 0.05) is 11.1 Å². The third-order valence-electron chi connectivity index (χ3n) is 5.42. The second-order valence-electron chi connectivity index (χ2n) is 7.64. The second-order valence-corrected chi connectivity index (χ2v) is 8.74. The highest BCUT2D eigenvalue weighted by atomic mass is 32.1. The highest BCUT2D eigenvalue weighted by Gasteiger charge is 2.27. The Balaban J connectivity index is 1.49. The van der Waals surface area contributed by atoms with Crippen molar-refractivity contribution < 1.29 is 19.6 Å². The van der Waals surface area contributed by atoms with Crippen LogP contribution < -0.4 is 20.7 Å². The molecule has 2 amide bonds. The van der Waals surface area contributed by atoms with Crippen LogP contribution in [0.25, 0.3) is 0 Å². The number of ether oxygens (including phenoxy) is 1. The summed E-state index contributed by atoms with van der Waals surface area (Å²) in [5, 5.41) is 8.48. The van der Waals surface area contributed by atoms with Crippen LogP contribution in [0.4, 0.5) is 10.7 Å². The smallest absolute Gasteiger partial charge is 0.280 e. The van der Waals surface area contributed by atoms with Crippen molar-refractivity contribution in [3.63, 3.8) is 0 Å². The molecule has 1 aliphatic rings. The number of methoxy groups -OCH3 is 1. The van der Waals surface area contributed by atoms with Crippen molar-refractivity contribution in [3.8, 4) is 5.75 Å². The molecule has 2 heterocycles. The molecule has 0 unspecified atom stereocenters. The molecule has 2 aromatic heterocycles. The molecule has 1 aromatic carbocycles. The monoisotopic (exact) mass is 451 g/mol. The predicted octanol–water partition coefficient (Wildman–Crippen LogP) is 2.98. The minimum Gasteiger partial charge on any atom is -0.495 e. The molecule has 3 aromatic rings. The maximum atomic E-state index is 13.3. The van der Waals surface area contributed by atoms with Gasteiger partial charge in [-0.05, 0) is 55.5 Å². The number of carbonyl (C=O) groups is 2. The summed E-state index contributed by atoms with van der Waals surface area (Å²) in [6.45, 7) is 0.878. The van der Waals surface area contributed by atoms with Crippen molar-refractivity contribution in [2.75, 3.05) is 24.3 Å². The number of carbonyl (C=O) groups excluding carboxylic acids is 2. The fraction of sp³-hybridized carbons (Fsp3) is 0.292. The van der Waals surface area contributed by atoms with E-state index in [1.807, 2.05) is 35.6 Å². The molecule has 8 heteroatoms. The zero-order valence-electron chi connectivity index (χ0n) is 18.0.